The molecule has 0 atom stereocenters. The third-order valence-electron chi connectivity index (χ3n) is 5.13. The number of rotatable bonds is 3. The third kappa shape index (κ3) is 2.38. The maximum Gasteiger partial charge on any atom is -0.00719 e. The van der Waals surface area contributed by atoms with Gasteiger partial charge in [-0.25, -0.2) is 0 Å². The molecule has 2 aliphatic carbocycles. The maximum atomic E-state index is 5.85. The Morgan fingerprint density at radius 3 is 2.20 bits per heavy atom. The molecule has 2 N–H and O–H groups in total. The minimum atomic E-state index is 0.664. The SMILES string of the molecule is CC1CCC(CCN)(C2CCCC2)CC1. The zero-order valence-electron chi connectivity index (χ0n) is 10.3. The lowest BCUT2D eigenvalue weighted by molar-refractivity contribution is 0.0709. The van der Waals surface area contributed by atoms with Crippen molar-refractivity contribution < 1.29 is 0 Å². The van der Waals surface area contributed by atoms with Crippen molar-refractivity contribution in [2.24, 2.45) is 23.0 Å². The molecule has 0 bridgehead atoms. The summed E-state index contributed by atoms with van der Waals surface area (Å²) in [5, 5.41) is 0. The molecule has 15 heavy (non-hydrogen) atoms. The molecule has 2 fully saturated rings. The van der Waals surface area contributed by atoms with Crippen molar-refractivity contribution >= 4 is 0 Å². The van der Waals surface area contributed by atoms with Gasteiger partial charge in [-0.3, -0.25) is 0 Å². The molecule has 0 aliphatic heterocycles. The Morgan fingerprint density at radius 2 is 1.67 bits per heavy atom. The average Bonchev–Trinajstić information content (AvgIpc) is 2.76. The van der Waals surface area contributed by atoms with Gasteiger partial charge in [0.25, 0.3) is 0 Å². The van der Waals surface area contributed by atoms with Crippen LogP contribution in [0.2, 0.25) is 0 Å². The molecule has 88 valence electrons. The summed E-state index contributed by atoms with van der Waals surface area (Å²) < 4.78 is 0. The third-order valence-corrected chi connectivity index (χ3v) is 5.13. The monoisotopic (exact) mass is 209 g/mol. The molecule has 0 aromatic heterocycles. The Balaban J connectivity index is 2.02. The van der Waals surface area contributed by atoms with Gasteiger partial charge in [0.05, 0.1) is 0 Å². The summed E-state index contributed by atoms with van der Waals surface area (Å²) in [4.78, 5) is 0. The maximum absolute atomic E-state index is 5.85. The van der Waals surface area contributed by atoms with Gasteiger partial charge >= 0.3 is 0 Å². The summed E-state index contributed by atoms with van der Waals surface area (Å²) in [5.74, 6) is 1.99. The predicted molar refractivity (Wildman–Crippen MR) is 65.7 cm³/mol. The lowest BCUT2D eigenvalue weighted by atomic mass is 9.61. The van der Waals surface area contributed by atoms with Crippen LogP contribution >= 0.6 is 0 Å². The first-order valence-corrected chi connectivity index (χ1v) is 6.97. The van der Waals surface area contributed by atoms with Gasteiger partial charge in [0.15, 0.2) is 0 Å². The second-order valence-electron chi connectivity index (χ2n) is 6.06. The molecule has 2 saturated carbocycles. The van der Waals surface area contributed by atoms with Crippen LogP contribution in [0, 0.1) is 17.3 Å². The van der Waals surface area contributed by atoms with Crippen LogP contribution < -0.4 is 5.73 Å². The van der Waals surface area contributed by atoms with E-state index < -0.39 is 0 Å². The van der Waals surface area contributed by atoms with Gasteiger partial charge in [-0.05, 0) is 55.9 Å². The van der Waals surface area contributed by atoms with E-state index in [9.17, 15) is 0 Å². The molecule has 1 nitrogen and oxygen atoms in total. The Kier molecular flexibility index (Phi) is 3.71. The van der Waals surface area contributed by atoms with Crippen molar-refractivity contribution in [3.63, 3.8) is 0 Å². The fraction of sp³-hybridized carbons (Fsp3) is 1.00. The molecule has 0 heterocycles. The van der Waals surface area contributed by atoms with Crippen molar-refractivity contribution in [2.75, 3.05) is 6.54 Å². The van der Waals surface area contributed by atoms with Crippen molar-refractivity contribution in [3.8, 4) is 0 Å². The highest BCUT2D eigenvalue weighted by molar-refractivity contribution is 4.92. The molecule has 0 radical (unpaired) electrons. The lowest BCUT2D eigenvalue weighted by Crippen LogP contribution is -2.35. The van der Waals surface area contributed by atoms with E-state index in [1.165, 1.54) is 57.8 Å². The van der Waals surface area contributed by atoms with E-state index in [4.69, 9.17) is 5.73 Å². The second-order valence-corrected chi connectivity index (χ2v) is 6.06. The summed E-state index contributed by atoms with van der Waals surface area (Å²) in [6, 6.07) is 0. The predicted octanol–water partition coefficient (Wildman–Crippen LogP) is 3.72. The highest BCUT2D eigenvalue weighted by Crippen LogP contribution is 2.52. The molecule has 0 amide bonds. The van der Waals surface area contributed by atoms with E-state index in [0.717, 1.165) is 18.4 Å². The van der Waals surface area contributed by atoms with E-state index in [-0.39, 0.29) is 0 Å². The van der Waals surface area contributed by atoms with Gasteiger partial charge < -0.3 is 5.73 Å². The minimum absolute atomic E-state index is 0.664. The first-order valence-electron chi connectivity index (χ1n) is 6.97. The Hall–Kier alpha value is -0.0400. The highest BCUT2D eigenvalue weighted by Gasteiger charge is 2.41. The van der Waals surface area contributed by atoms with E-state index in [0.29, 0.717) is 5.41 Å². The average molecular weight is 209 g/mol. The first kappa shape index (κ1) is 11.4. The van der Waals surface area contributed by atoms with Crippen molar-refractivity contribution in [3.05, 3.63) is 0 Å². The Morgan fingerprint density at radius 1 is 1.07 bits per heavy atom. The summed E-state index contributed by atoms with van der Waals surface area (Å²) in [6.45, 7) is 3.33. The van der Waals surface area contributed by atoms with Gasteiger partial charge in [0.2, 0.25) is 0 Å². The van der Waals surface area contributed by atoms with E-state index in [2.05, 4.69) is 6.92 Å². The van der Waals surface area contributed by atoms with Gasteiger partial charge in [-0.2, -0.15) is 0 Å². The molecule has 0 unspecified atom stereocenters. The summed E-state index contributed by atoms with van der Waals surface area (Å²) >= 11 is 0. The number of hydrogen-bond acceptors (Lipinski definition) is 1. The molecular formula is C14H27N. The largest absolute Gasteiger partial charge is 0.330 e. The molecule has 2 rings (SSSR count). The van der Waals surface area contributed by atoms with Crippen LogP contribution in [0.25, 0.3) is 0 Å². The summed E-state index contributed by atoms with van der Waals surface area (Å²) in [6.07, 6.45) is 13.1. The molecule has 0 spiro atoms. The highest BCUT2D eigenvalue weighted by atomic mass is 14.6. The molecule has 0 aromatic carbocycles. The van der Waals surface area contributed by atoms with Crippen molar-refractivity contribution in [1.29, 1.82) is 0 Å². The van der Waals surface area contributed by atoms with Gasteiger partial charge in [0.1, 0.15) is 0 Å². The van der Waals surface area contributed by atoms with E-state index in [1.54, 1.807) is 0 Å². The quantitative estimate of drug-likeness (QED) is 0.753. The number of hydrogen-bond donors (Lipinski definition) is 1. The first-order chi connectivity index (χ1) is 7.27. The number of nitrogens with two attached hydrogens (primary N) is 1. The molecule has 1 heteroatoms. The topological polar surface area (TPSA) is 26.0 Å². The lowest BCUT2D eigenvalue weighted by Gasteiger charge is -2.44. The molecule has 0 saturated heterocycles. The van der Waals surface area contributed by atoms with Crippen LogP contribution in [0.4, 0.5) is 0 Å². The van der Waals surface area contributed by atoms with Crippen molar-refractivity contribution in [1.82, 2.24) is 0 Å². The van der Waals surface area contributed by atoms with Crippen LogP contribution in [0.5, 0.6) is 0 Å². The summed E-state index contributed by atoms with van der Waals surface area (Å²) in [7, 11) is 0. The normalized spacial score (nSPS) is 38.4. The van der Waals surface area contributed by atoms with Gasteiger partial charge in [-0.15, -0.1) is 0 Å². The standard InChI is InChI=1S/C14H27N/c1-12-6-8-14(9-7-12,10-11-15)13-4-2-3-5-13/h12-13H,2-11,15H2,1H3. The smallest absolute Gasteiger partial charge is 0.00719 e. The minimum Gasteiger partial charge on any atom is -0.330 e. The fourth-order valence-electron chi connectivity index (χ4n) is 4.03. The molecular weight excluding hydrogens is 182 g/mol. The van der Waals surface area contributed by atoms with Gasteiger partial charge in [-0.1, -0.05) is 32.6 Å². The van der Waals surface area contributed by atoms with Crippen LogP contribution in [-0.2, 0) is 0 Å². The zero-order valence-corrected chi connectivity index (χ0v) is 10.3. The molecule has 0 aromatic rings. The van der Waals surface area contributed by atoms with E-state index >= 15 is 0 Å². The van der Waals surface area contributed by atoms with Crippen molar-refractivity contribution in [2.45, 2.75) is 64.7 Å². The second kappa shape index (κ2) is 4.86. The zero-order chi connectivity index (χ0) is 10.7. The summed E-state index contributed by atoms with van der Waals surface area (Å²) in [5.41, 5.74) is 6.51. The Labute approximate surface area is 94.8 Å². The molecule has 2 aliphatic rings. The van der Waals surface area contributed by atoms with Crippen LogP contribution in [0.1, 0.15) is 64.7 Å². The van der Waals surface area contributed by atoms with Gasteiger partial charge in [0, 0.05) is 0 Å². The van der Waals surface area contributed by atoms with Crippen LogP contribution in [-0.4, -0.2) is 6.54 Å². The van der Waals surface area contributed by atoms with E-state index in [1.807, 2.05) is 0 Å². The van der Waals surface area contributed by atoms with Crippen LogP contribution in [0.15, 0.2) is 0 Å². The fourth-order valence-corrected chi connectivity index (χ4v) is 4.03. The Bertz CT molecular complexity index is 186. The van der Waals surface area contributed by atoms with Crippen LogP contribution in [0.3, 0.4) is 0 Å².